The molecule has 0 heterocycles. The molecule has 0 aliphatic rings. The number of amides is 1. The van der Waals surface area contributed by atoms with Crippen LogP contribution in [0.3, 0.4) is 0 Å². The Morgan fingerprint density at radius 2 is 1.79 bits per heavy atom. The highest BCUT2D eigenvalue weighted by molar-refractivity contribution is 6.35. The van der Waals surface area contributed by atoms with Crippen molar-refractivity contribution < 1.29 is 14.3 Å². The molecule has 0 aromatic heterocycles. The van der Waals surface area contributed by atoms with Crippen molar-refractivity contribution in [2.75, 3.05) is 20.3 Å². The minimum atomic E-state index is -0.0615. The molecule has 6 heteroatoms. The van der Waals surface area contributed by atoms with Crippen molar-refractivity contribution >= 4 is 29.1 Å². The number of hydrogen-bond donors (Lipinski definition) is 1. The SMILES string of the molecule is COc1ccc(OCCC(=O)NCCc2ccc(Cl)cc2Cl)cc1. The van der Waals surface area contributed by atoms with Crippen molar-refractivity contribution in [2.24, 2.45) is 0 Å². The quantitative estimate of drug-likeness (QED) is 0.762. The van der Waals surface area contributed by atoms with E-state index in [2.05, 4.69) is 5.32 Å². The number of benzene rings is 2. The highest BCUT2D eigenvalue weighted by atomic mass is 35.5. The van der Waals surface area contributed by atoms with Crippen LogP contribution in [0.2, 0.25) is 10.0 Å². The average Bonchev–Trinajstić information content (AvgIpc) is 2.57. The van der Waals surface area contributed by atoms with Crippen molar-refractivity contribution in [3.8, 4) is 11.5 Å². The Morgan fingerprint density at radius 1 is 1.08 bits per heavy atom. The molecule has 2 aromatic rings. The molecule has 1 amide bonds. The first kappa shape index (κ1) is 18.4. The predicted octanol–water partition coefficient (Wildman–Crippen LogP) is 4.13. The minimum absolute atomic E-state index is 0.0615. The minimum Gasteiger partial charge on any atom is -0.497 e. The normalized spacial score (nSPS) is 10.3. The van der Waals surface area contributed by atoms with Crippen LogP contribution in [0.25, 0.3) is 0 Å². The van der Waals surface area contributed by atoms with Crippen LogP contribution in [0.5, 0.6) is 11.5 Å². The van der Waals surface area contributed by atoms with Crippen LogP contribution >= 0.6 is 23.2 Å². The smallest absolute Gasteiger partial charge is 0.223 e. The van der Waals surface area contributed by atoms with Gasteiger partial charge in [0.15, 0.2) is 0 Å². The van der Waals surface area contributed by atoms with Gasteiger partial charge in [0, 0.05) is 16.6 Å². The van der Waals surface area contributed by atoms with Gasteiger partial charge in [-0.05, 0) is 48.4 Å². The van der Waals surface area contributed by atoms with Crippen LogP contribution in [-0.2, 0) is 11.2 Å². The van der Waals surface area contributed by atoms with Gasteiger partial charge in [0.05, 0.1) is 20.1 Å². The fraction of sp³-hybridized carbons (Fsp3) is 0.278. The summed E-state index contributed by atoms with van der Waals surface area (Å²) in [7, 11) is 1.61. The molecule has 0 saturated carbocycles. The number of halogens is 2. The topological polar surface area (TPSA) is 47.6 Å². The van der Waals surface area contributed by atoms with E-state index in [0.717, 1.165) is 11.3 Å². The molecular formula is C18H19Cl2NO3. The van der Waals surface area contributed by atoms with Gasteiger partial charge in [0.1, 0.15) is 11.5 Å². The van der Waals surface area contributed by atoms with Gasteiger partial charge in [0.2, 0.25) is 5.91 Å². The number of ether oxygens (including phenoxy) is 2. The first-order valence-corrected chi connectivity index (χ1v) is 8.31. The molecule has 0 radical (unpaired) electrons. The number of carbonyl (C=O) groups excluding carboxylic acids is 1. The molecule has 4 nitrogen and oxygen atoms in total. The second-order valence-corrected chi connectivity index (χ2v) is 5.95. The van der Waals surface area contributed by atoms with Gasteiger partial charge in [-0.1, -0.05) is 29.3 Å². The van der Waals surface area contributed by atoms with E-state index in [1.807, 2.05) is 18.2 Å². The lowest BCUT2D eigenvalue weighted by molar-refractivity contribution is -0.121. The third-order valence-electron chi connectivity index (χ3n) is 3.39. The Kier molecular flexibility index (Phi) is 7.22. The Balaban J connectivity index is 1.66. The molecule has 0 bridgehead atoms. The van der Waals surface area contributed by atoms with Crippen molar-refractivity contribution in [3.05, 3.63) is 58.1 Å². The predicted molar refractivity (Wildman–Crippen MR) is 96.3 cm³/mol. The molecule has 128 valence electrons. The molecule has 0 saturated heterocycles. The molecule has 0 unspecified atom stereocenters. The summed E-state index contributed by atoms with van der Waals surface area (Å²) in [6.45, 7) is 0.836. The van der Waals surface area contributed by atoms with Crippen LogP contribution in [-0.4, -0.2) is 26.2 Å². The van der Waals surface area contributed by atoms with Crippen LogP contribution in [0.4, 0.5) is 0 Å². The fourth-order valence-electron chi connectivity index (χ4n) is 2.08. The number of rotatable bonds is 8. The summed E-state index contributed by atoms with van der Waals surface area (Å²) >= 11 is 11.9. The lowest BCUT2D eigenvalue weighted by atomic mass is 10.1. The van der Waals surface area contributed by atoms with Gasteiger partial charge in [-0.15, -0.1) is 0 Å². The van der Waals surface area contributed by atoms with Crippen LogP contribution < -0.4 is 14.8 Å². The highest BCUT2D eigenvalue weighted by Gasteiger charge is 2.04. The molecule has 0 atom stereocenters. The number of carbonyl (C=O) groups is 1. The summed E-state index contributed by atoms with van der Waals surface area (Å²) in [5.41, 5.74) is 0.954. The number of methoxy groups -OCH3 is 1. The molecule has 2 rings (SSSR count). The molecule has 0 spiro atoms. The summed E-state index contributed by atoms with van der Waals surface area (Å²) < 4.78 is 10.6. The van der Waals surface area contributed by atoms with E-state index in [0.29, 0.717) is 41.8 Å². The van der Waals surface area contributed by atoms with E-state index < -0.39 is 0 Å². The fourth-order valence-corrected chi connectivity index (χ4v) is 2.59. The van der Waals surface area contributed by atoms with Crippen molar-refractivity contribution in [1.29, 1.82) is 0 Å². The third kappa shape index (κ3) is 5.95. The Labute approximate surface area is 151 Å². The van der Waals surface area contributed by atoms with Gasteiger partial charge in [-0.2, -0.15) is 0 Å². The van der Waals surface area contributed by atoms with Gasteiger partial charge in [-0.3, -0.25) is 4.79 Å². The Morgan fingerprint density at radius 3 is 2.46 bits per heavy atom. The number of hydrogen-bond acceptors (Lipinski definition) is 3. The Hall–Kier alpha value is -1.91. The first-order valence-electron chi connectivity index (χ1n) is 7.56. The zero-order chi connectivity index (χ0) is 17.4. The molecule has 1 N–H and O–H groups in total. The average molecular weight is 368 g/mol. The van der Waals surface area contributed by atoms with E-state index in [4.69, 9.17) is 32.7 Å². The first-order chi connectivity index (χ1) is 11.6. The van der Waals surface area contributed by atoms with E-state index >= 15 is 0 Å². The largest absolute Gasteiger partial charge is 0.497 e. The maximum absolute atomic E-state index is 11.8. The second kappa shape index (κ2) is 9.40. The van der Waals surface area contributed by atoms with Crippen LogP contribution in [0.15, 0.2) is 42.5 Å². The standard InChI is InChI=1S/C18H19Cl2NO3/c1-23-15-4-6-16(7-5-15)24-11-9-18(22)21-10-8-13-2-3-14(19)12-17(13)20/h2-7,12H,8-11H2,1H3,(H,21,22). The molecular weight excluding hydrogens is 349 g/mol. The molecule has 2 aromatic carbocycles. The monoisotopic (exact) mass is 367 g/mol. The maximum Gasteiger partial charge on any atom is 0.223 e. The van der Waals surface area contributed by atoms with Gasteiger partial charge < -0.3 is 14.8 Å². The lowest BCUT2D eigenvalue weighted by Crippen LogP contribution is -2.27. The van der Waals surface area contributed by atoms with Crippen molar-refractivity contribution in [2.45, 2.75) is 12.8 Å². The summed E-state index contributed by atoms with van der Waals surface area (Å²) in [6, 6.07) is 12.6. The van der Waals surface area contributed by atoms with Crippen LogP contribution in [0.1, 0.15) is 12.0 Å². The number of nitrogens with one attached hydrogen (secondary N) is 1. The Bertz CT molecular complexity index is 674. The van der Waals surface area contributed by atoms with Crippen molar-refractivity contribution in [1.82, 2.24) is 5.32 Å². The summed E-state index contributed by atoms with van der Waals surface area (Å²) in [5, 5.41) is 4.06. The highest BCUT2D eigenvalue weighted by Crippen LogP contribution is 2.21. The van der Waals surface area contributed by atoms with Gasteiger partial charge in [0.25, 0.3) is 0 Å². The van der Waals surface area contributed by atoms with Crippen LogP contribution in [0, 0.1) is 0 Å². The van der Waals surface area contributed by atoms with E-state index in [9.17, 15) is 4.79 Å². The summed E-state index contributed by atoms with van der Waals surface area (Å²) in [5.74, 6) is 1.41. The van der Waals surface area contributed by atoms with Crippen molar-refractivity contribution in [3.63, 3.8) is 0 Å². The van der Waals surface area contributed by atoms with E-state index in [1.54, 1.807) is 31.4 Å². The van der Waals surface area contributed by atoms with E-state index in [1.165, 1.54) is 0 Å². The van der Waals surface area contributed by atoms with Gasteiger partial charge >= 0.3 is 0 Å². The molecule has 24 heavy (non-hydrogen) atoms. The summed E-state index contributed by atoms with van der Waals surface area (Å²) in [6.07, 6.45) is 0.946. The van der Waals surface area contributed by atoms with E-state index in [-0.39, 0.29) is 5.91 Å². The third-order valence-corrected chi connectivity index (χ3v) is 3.98. The van der Waals surface area contributed by atoms with Gasteiger partial charge in [-0.25, -0.2) is 0 Å². The molecule has 0 aliphatic carbocycles. The zero-order valence-corrected chi connectivity index (χ0v) is 14.9. The molecule has 0 aliphatic heterocycles. The summed E-state index contributed by atoms with van der Waals surface area (Å²) in [4.78, 5) is 11.8. The zero-order valence-electron chi connectivity index (χ0n) is 13.4. The maximum atomic E-state index is 11.8. The molecule has 0 fully saturated rings. The second-order valence-electron chi connectivity index (χ2n) is 5.11. The lowest BCUT2D eigenvalue weighted by Gasteiger charge is -2.09.